The van der Waals surface area contributed by atoms with E-state index in [9.17, 15) is 9.59 Å². The van der Waals surface area contributed by atoms with Gasteiger partial charge in [0.1, 0.15) is 5.75 Å². The van der Waals surface area contributed by atoms with Crippen molar-refractivity contribution >= 4 is 52.3 Å². The van der Waals surface area contributed by atoms with Crippen molar-refractivity contribution in [2.24, 2.45) is 0 Å². The number of halogens is 2. The van der Waals surface area contributed by atoms with Crippen LogP contribution in [0, 0.1) is 0 Å². The summed E-state index contributed by atoms with van der Waals surface area (Å²) in [7, 11) is 0. The number of hydrogen-bond donors (Lipinski definition) is 3. The maximum atomic E-state index is 11.8. The fraction of sp³-hybridized carbons (Fsp3) is 0.308. The zero-order valence-electron chi connectivity index (χ0n) is 11.9. The summed E-state index contributed by atoms with van der Waals surface area (Å²) in [5.41, 5.74) is 4.73. The zero-order chi connectivity index (χ0) is 16.7. The predicted octanol–water partition coefficient (Wildman–Crippen LogP) is 2.19. The third-order valence-electron chi connectivity index (χ3n) is 2.44. The van der Waals surface area contributed by atoms with E-state index in [0.29, 0.717) is 15.8 Å². The summed E-state index contributed by atoms with van der Waals surface area (Å²) < 4.78 is 5.42. The van der Waals surface area contributed by atoms with Crippen LogP contribution in [0.5, 0.6) is 5.75 Å². The molecule has 0 fully saturated rings. The van der Waals surface area contributed by atoms with Crippen LogP contribution in [0.4, 0.5) is 0 Å². The van der Waals surface area contributed by atoms with E-state index in [0.717, 1.165) is 0 Å². The van der Waals surface area contributed by atoms with Crippen LogP contribution in [-0.2, 0) is 9.59 Å². The molecule has 0 saturated carbocycles. The molecule has 1 rings (SSSR count). The van der Waals surface area contributed by atoms with Gasteiger partial charge >= 0.3 is 0 Å². The van der Waals surface area contributed by atoms with Gasteiger partial charge < -0.3 is 10.1 Å². The quantitative estimate of drug-likeness (QED) is 0.564. The number of hydrogen-bond acceptors (Lipinski definition) is 4. The van der Waals surface area contributed by atoms with Gasteiger partial charge in [0.15, 0.2) is 11.2 Å². The lowest BCUT2D eigenvalue weighted by molar-refractivity contribution is -0.128. The molecular formula is C13H15Cl2N3O3S. The molecule has 0 aliphatic rings. The number of nitrogens with one attached hydrogen (secondary N) is 3. The molecule has 0 aliphatic carbocycles. The molecule has 1 aromatic rings. The first-order valence-corrected chi connectivity index (χ1v) is 7.51. The Morgan fingerprint density at radius 2 is 2.00 bits per heavy atom. The van der Waals surface area contributed by atoms with Crippen molar-refractivity contribution in [2.45, 2.75) is 26.4 Å². The molecule has 1 atom stereocenters. The number of hydrazine groups is 1. The van der Waals surface area contributed by atoms with E-state index in [1.165, 1.54) is 13.0 Å². The number of carbonyl (C=O) groups is 2. The molecule has 3 N–H and O–H groups in total. The van der Waals surface area contributed by atoms with Crippen molar-refractivity contribution < 1.29 is 14.3 Å². The van der Waals surface area contributed by atoms with Gasteiger partial charge in [-0.2, -0.15) is 0 Å². The summed E-state index contributed by atoms with van der Waals surface area (Å²) in [6.07, 6.45) is -0.555. The van der Waals surface area contributed by atoms with Crippen LogP contribution in [0.25, 0.3) is 0 Å². The Labute approximate surface area is 143 Å². The van der Waals surface area contributed by atoms with Crippen molar-refractivity contribution in [3.05, 3.63) is 28.2 Å². The second-order valence-electron chi connectivity index (χ2n) is 4.18. The maximum Gasteiger partial charge on any atom is 0.279 e. The SMILES string of the molecule is CCC(=O)NC(=S)NNC(=O)C(C)Oc1ccc(Cl)cc1Cl. The third kappa shape index (κ3) is 6.05. The number of ether oxygens (including phenoxy) is 1. The van der Waals surface area contributed by atoms with Gasteiger partial charge in [-0.25, -0.2) is 0 Å². The summed E-state index contributed by atoms with van der Waals surface area (Å²) in [4.78, 5) is 23.0. The highest BCUT2D eigenvalue weighted by molar-refractivity contribution is 7.80. The molecule has 0 heterocycles. The third-order valence-corrected chi connectivity index (χ3v) is 3.17. The van der Waals surface area contributed by atoms with Crippen LogP contribution in [0.1, 0.15) is 20.3 Å². The first-order valence-electron chi connectivity index (χ1n) is 6.34. The van der Waals surface area contributed by atoms with Crippen molar-refractivity contribution in [1.29, 1.82) is 0 Å². The van der Waals surface area contributed by atoms with Crippen molar-refractivity contribution in [3.8, 4) is 5.75 Å². The minimum atomic E-state index is -0.837. The monoisotopic (exact) mass is 363 g/mol. The smallest absolute Gasteiger partial charge is 0.279 e. The van der Waals surface area contributed by atoms with Gasteiger partial charge in [0.05, 0.1) is 5.02 Å². The van der Waals surface area contributed by atoms with Crippen molar-refractivity contribution in [3.63, 3.8) is 0 Å². The average molecular weight is 364 g/mol. The van der Waals surface area contributed by atoms with Gasteiger partial charge in [0.2, 0.25) is 5.91 Å². The second kappa shape index (κ2) is 8.77. The van der Waals surface area contributed by atoms with Crippen LogP contribution in [0.15, 0.2) is 18.2 Å². The summed E-state index contributed by atoms with van der Waals surface area (Å²) in [5.74, 6) is -0.418. The second-order valence-corrected chi connectivity index (χ2v) is 5.43. The number of rotatable bonds is 4. The normalized spacial score (nSPS) is 11.3. The number of amides is 2. The molecular weight excluding hydrogens is 349 g/mol. The van der Waals surface area contributed by atoms with Gasteiger partial charge in [-0.05, 0) is 37.3 Å². The van der Waals surface area contributed by atoms with Gasteiger partial charge in [-0.15, -0.1) is 0 Å². The molecule has 0 aliphatic heterocycles. The van der Waals surface area contributed by atoms with E-state index in [1.807, 2.05) is 0 Å². The predicted molar refractivity (Wildman–Crippen MR) is 88.9 cm³/mol. The van der Waals surface area contributed by atoms with Gasteiger partial charge in [-0.3, -0.25) is 20.4 Å². The molecule has 1 aromatic carbocycles. The lowest BCUT2D eigenvalue weighted by Gasteiger charge is -2.16. The van der Waals surface area contributed by atoms with Crippen LogP contribution < -0.4 is 20.9 Å². The molecule has 6 nitrogen and oxygen atoms in total. The Kier molecular flexibility index (Phi) is 7.37. The highest BCUT2D eigenvalue weighted by atomic mass is 35.5. The number of benzene rings is 1. The summed E-state index contributed by atoms with van der Waals surface area (Å²) in [5, 5.41) is 3.14. The topological polar surface area (TPSA) is 79.5 Å². The molecule has 1 unspecified atom stereocenters. The number of carbonyl (C=O) groups excluding carboxylic acids is 2. The minimum Gasteiger partial charge on any atom is -0.479 e. The maximum absolute atomic E-state index is 11.8. The molecule has 0 aromatic heterocycles. The molecule has 0 saturated heterocycles. The Morgan fingerprint density at radius 3 is 2.59 bits per heavy atom. The zero-order valence-corrected chi connectivity index (χ0v) is 14.2. The van der Waals surface area contributed by atoms with Crippen molar-refractivity contribution in [2.75, 3.05) is 0 Å². The molecule has 9 heteroatoms. The average Bonchev–Trinajstić information content (AvgIpc) is 2.47. The fourth-order valence-corrected chi connectivity index (χ4v) is 1.90. The highest BCUT2D eigenvalue weighted by Crippen LogP contribution is 2.28. The summed E-state index contributed by atoms with van der Waals surface area (Å²) in [6.45, 7) is 3.22. The van der Waals surface area contributed by atoms with Crippen LogP contribution >= 0.6 is 35.4 Å². The van der Waals surface area contributed by atoms with Crippen LogP contribution in [0.3, 0.4) is 0 Å². The van der Waals surface area contributed by atoms with E-state index < -0.39 is 12.0 Å². The first-order chi connectivity index (χ1) is 10.3. The molecule has 0 spiro atoms. The highest BCUT2D eigenvalue weighted by Gasteiger charge is 2.16. The van der Waals surface area contributed by atoms with Gasteiger partial charge in [0.25, 0.3) is 5.91 Å². The van der Waals surface area contributed by atoms with E-state index in [2.05, 4.69) is 16.2 Å². The molecule has 0 bridgehead atoms. The Balaban J connectivity index is 2.48. The standard InChI is InChI=1S/C13H15Cl2N3O3S/c1-3-11(19)16-13(22)18-17-12(20)7(2)21-10-5-4-8(14)6-9(10)15/h4-7H,3H2,1-2H3,(H,17,20)(H2,16,18,19,22). The van der Waals surface area contributed by atoms with E-state index in [1.54, 1.807) is 19.1 Å². The van der Waals surface area contributed by atoms with E-state index in [4.69, 9.17) is 40.2 Å². The Morgan fingerprint density at radius 1 is 1.32 bits per heavy atom. The van der Waals surface area contributed by atoms with Gasteiger partial charge in [0, 0.05) is 11.4 Å². The van der Waals surface area contributed by atoms with Gasteiger partial charge in [-0.1, -0.05) is 30.1 Å². The first kappa shape index (κ1) is 18.5. The molecule has 0 radical (unpaired) electrons. The minimum absolute atomic E-state index is 0.00285. The molecule has 120 valence electrons. The lowest BCUT2D eigenvalue weighted by atomic mass is 10.3. The Hall–Kier alpha value is -1.57. The van der Waals surface area contributed by atoms with E-state index >= 15 is 0 Å². The van der Waals surface area contributed by atoms with Crippen LogP contribution in [0.2, 0.25) is 10.0 Å². The summed E-state index contributed by atoms with van der Waals surface area (Å²) >= 11 is 16.6. The Bertz CT molecular complexity index is 584. The lowest BCUT2D eigenvalue weighted by Crippen LogP contribution is -2.51. The van der Waals surface area contributed by atoms with Crippen LogP contribution in [-0.4, -0.2) is 23.0 Å². The number of thiocarbonyl (C=S) groups is 1. The fourth-order valence-electron chi connectivity index (χ4n) is 1.28. The largest absolute Gasteiger partial charge is 0.479 e. The van der Waals surface area contributed by atoms with Crippen molar-refractivity contribution in [1.82, 2.24) is 16.2 Å². The molecule has 22 heavy (non-hydrogen) atoms. The van der Waals surface area contributed by atoms with E-state index in [-0.39, 0.29) is 17.4 Å². The summed E-state index contributed by atoms with van der Waals surface area (Å²) in [6, 6.07) is 4.67. The molecule has 2 amide bonds.